The number of aryl methyl sites for hydroxylation is 3. The van der Waals surface area contributed by atoms with Crippen molar-refractivity contribution in [3.63, 3.8) is 0 Å². The molecule has 2 aromatic rings. The topological polar surface area (TPSA) is 25.2 Å². The fraction of sp³-hybridized carbons (Fsp3) is 0.500. The van der Waals surface area contributed by atoms with Gasteiger partial charge in [-0.2, -0.15) is 0 Å². The van der Waals surface area contributed by atoms with E-state index in [1.165, 1.54) is 42.4 Å². The molecular weight excluding hydrogens is 352 g/mol. The molecule has 1 aromatic carbocycles. The third-order valence-electron chi connectivity index (χ3n) is 4.88. The maximum Gasteiger partial charge on any atom is 0.0465 e. The first kappa shape index (κ1) is 23.4. The van der Waals surface area contributed by atoms with Crippen molar-refractivity contribution < 1.29 is 0 Å². The highest BCUT2D eigenvalue weighted by Gasteiger charge is 2.04. The highest BCUT2D eigenvalue weighted by molar-refractivity contribution is 6.30. The molecule has 0 aliphatic carbocycles. The second kappa shape index (κ2) is 12.7. The van der Waals surface area contributed by atoms with Gasteiger partial charge in [0.05, 0.1) is 0 Å². The van der Waals surface area contributed by atoms with Crippen molar-refractivity contribution in [2.75, 3.05) is 7.05 Å². The van der Waals surface area contributed by atoms with Crippen molar-refractivity contribution in [1.82, 2.24) is 4.98 Å². The lowest BCUT2D eigenvalue weighted by molar-refractivity contribution is 0.469. The minimum atomic E-state index is 0.856. The van der Waals surface area contributed by atoms with Crippen molar-refractivity contribution in [2.45, 2.75) is 66.7 Å². The Hall–Kier alpha value is -1.67. The summed E-state index contributed by atoms with van der Waals surface area (Å²) in [6.45, 7) is 10.7. The molecule has 3 heteroatoms. The van der Waals surface area contributed by atoms with E-state index in [-0.39, 0.29) is 0 Å². The summed E-state index contributed by atoms with van der Waals surface area (Å²) in [4.78, 5) is 8.39. The number of halogens is 1. The maximum absolute atomic E-state index is 5.94. The molecule has 0 radical (unpaired) electrons. The first-order valence-corrected chi connectivity index (χ1v) is 10.4. The zero-order valence-corrected chi connectivity index (χ0v) is 18.6. The van der Waals surface area contributed by atoms with Crippen LogP contribution in [0.15, 0.2) is 41.5 Å². The average molecular weight is 387 g/mol. The van der Waals surface area contributed by atoms with Crippen LogP contribution >= 0.6 is 11.6 Å². The number of benzene rings is 1. The van der Waals surface area contributed by atoms with E-state index in [4.69, 9.17) is 11.6 Å². The predicted octanol–water partition coefficient (Wildman–Crippen LogP) is 7.24. The molecule has 148 valence electrons. The Morgan fingerprint density at radius 3 is 2.52 bits per heavy atom. The number of rotatable bonds is 7. The molecule has 0 amide bonds. The minimum Gasteiger partial charge on any atom is -0.293 e. The summed E-state index contributed by atoms with van der Waals surface area (Å²) in [6, 6.07) is 10.2. The van der Waals surface area contributed by atoms with Gasteiger partial charge in [-0.3, -0.25) is 9.98 Å². The van der Waals surface area contributed by atoms with Crippen LogP contribution < -0.4 is 0 Å². The highest BCUT2D eigenvalue weighted by Crippen LogP contribution is 2.17. The Morgan fingerprint density at radius 1 is 1.19 bits per heavy atom. The number of hydrogen-bond acceptors (Lipinski definition) is 2. The van der Waals surface area contributed by atoms with E-state index in [9.17, 15) is 0 Å². The Bertz CT molecular complexity index is 702. The van der Waals surface area contributed by atoms with Crippen molar-refractivity contribution in [2.24, 2.45) is 10.9 Å². The summed E-state index contributed by atoms with van der Waals surface area (Å²) in [5.41, 5.74) is 5.90. The molecule has 27 heavy (non-hydrogen) atoms. The van der Waals surface area contributed by atoms with Crippen LogP contribution in [0.5, 0.6) is 0 Å². The number of hydrogen-bond donors (Lipinski definition) is 0. The summed E-state index contributed by atoms with van der Waals surface area (Å²) in [5, 5.41) is 0.856. The molecule has 2 nitrogen and oxygen atoms in total. The number of nitrogens with zero attached hydrogens (tertiary/aromatic N) is 2. The molecule has 2 rings (SSSR count). The molecule has 0 aliphatic heterocycles. The molecule has 0 saturated heterocycles. The Balaban J connectivity index is 0.000000277. The van der Waals surface area contributed by atoms with E-state index in [1.807, 2.05) is 38.2 Å². The van der Waals surface area contributed by atoms with Gasteiger partial charge in [0.1, 0.15) is 0 Å². The maximum atomic E-state index is 5.94. The van der Waals surface area contributed by atoms with Crippen molar-refractivity contribution >= 4 is 17.3 Å². The van der Waals surface area contributed by atoms with Crippen LogP contribution in [0.2, 0.25) is 5.02 Å². The van der Waals surface area contributed by atoms with Gasteiger partial charge < -0.3 is 0 Å². The zero-order chi connectivity index (χ0) is 20.2. The van der Waals surface area contributed by atoms with Crippen LogP contribution in [0.25, 0.3) is 0 Å². The SMILES string of the molecule is CCCC(C)CCCc1cccc(Cl)c1.CN=C(C)c1c(C)ccnc1C. The molecule has 1 heterocycles. The quantitative estimate of drug-likeness (QED) is 0.460. The van der Waals surface area contributed by atoms with Crippen LogP contribution in [0.3, 0.4) is 0 Å². The molecule has 0 bridgehead atoms. The lowest BCUT2D eigenvalue weighted by atomic mass is 9.97. The van der Waals surface area contributed by atoms with Crippen molar-refractivity contribution in [3.8, 4) is 0 Å². The Kier molecular flexibility index (Phi) is 11.0. The van der Waals surface area contributed by atoms with E-state index >= 15 is 0 Å². The van der Waals surface area contributed by atoms with Crippen LogP contribution in [-0.2, 0) is 6.42 Å². The van der Waals surface area contributed by atoms with Crippen LogP contribution in [0.4, 0.5) is 0 Å². The first-order chi connectivity index (χ1) is 12.9. The Labute approximate surface area is 171 Å². The fourth-order valence-electron chi connectivity index (χ4n) is 3.34. The van der Waals surface area contributed by atoms with Gasteiger partial charge in [-0.25, -0.2) is 0 Å². The van der Waals surface area contributed by atoms with Gasteiger partial charge in [0, 0.05) is 35.2 Å². The lowest BCUT2D eigenvalue weighted by Crippen LogP contribution is -2.02. The van der Waals surface area contributed by atoms with E-state index in [0.29, 0.717) is 0 Å². The summed E-state index contributed by atoms with van der Waals surface area (Å²) in [6.07, 6.45) is 8.27. The van der Waals surface area contributed by atoms with Gasteiger partial charge >= 0.3 is 0 Å². The van der Waals surface area contributed by atoms with Crippen LogP contribution in [0.1, 0.15) is 68.8 Å². The largest absolute Gasteiger partial charge is 0.293 e. The fourth-order valence-corrected chi connectivity index (χ4v) is 3.55. The monoisotopic (exact) mass is 386 g/mol. The van der Waals surface area contributed by atoms with Crippen LogP contribution in [0, 0.1) is 19.8 Å². The van der Waals surface area contributed by atoms with Gasteiger partial charge in [-0.05, 0) is 68.9 Å². The third kappa shape index (κ3) is 8.71. The second-order valence-electron chi connectivity index (χ2n) is 7.31. The van der Waals surface area contributed by atoms with Gasteiger partial charge in [0.25, 0.3) is 0 Å². The van der Waals surface area contributed by atoms with Crippen molar-refractivity contribution in [1.29, 1.82) is 0 Å². The van der Waals surface area contributed by atoms with Gasteiger partial charge in [0.2, 0.25) is 0 Å². The van der Waals surface area contributed by atoms with E-state index in [2.05, 4.69) is 42.9 Å². The first-order valence-electron chi connectivity index (χ1n) is 9.99. The van der Waals surface area contributed by atoms with Crippen molar-refractivity contribution in [3.05, 3.63) is 63.9 Å². The summed E-state index contributed by atoms with van der Waals surface area (Å²) < 4.78 is 0. The zero-order valence-electron chi connectivity index (χ0n) is 17.8. The minimum absolute atomic E-state index is 0.856. The van der Waals surface area contributed by atoms with E-state index in [0.717, 1.165) is 28.8 Å². The molecule has 0 N–H and O–H groups in total. The lowest BCUT2D eigenvalue weighted by Gasteiger charge is -2.09. The van der Waals surface area contributed by atoms with E-state index < -0.39 is 0 Å². The molecule has 1 unspecified atom stereocenters. The normalized spacial score (nSPS) is 12.3. The Morgan fingerprint density at radius 2 is 1.93 bits per heavy atom. The summed E-state index contributed by atoms with van der Waals surface area (Å²) >= 11 is 5.94. The second-order valence-corrected chi connectivity index (χ2v) is 7.75. The summed E-state index contributed by atoms with van der Waals surface area (Å²) in [5.74, 6) is 0.870. The predicted molar refractivity (Wildman–Crippen MR) is 120 cm³/mol. The molecule has 0 aliphatic rings. The van der Waals surface area contributed by atoms with E-state index in [1.54, 1.807) is 7.05 Å². The number of aliphatic imine (C=N–C) groups is 1. The number of aromatic nitrogens is 1. The van der Waals surface area contributed by atoms with Gasteiger partial charge in [-0.15, -0.1) is 0 Å². The molecule has 0 spiro atoms. The van der Waals surface area contributed by atoms with Crippen LogP contribution in [-0.4, -0.2) is 17.7 Å². The molecular formula is C24H35ClN2. The highest BCUT2D eigenvalue weighted by atomic mass is 35.5. The molecule has 1 aromatic heterocycles. The molecule has 1 atom stereocenters. The number of pyridine rings is 1. The standard InChI is InChI=1S/C14H21Cl.C10H14N2/c1-3-6-12(2)7-4-8-13-9-5-10-14(15)11-13;1-7-5-6-12-9(3)10(7)8(2)11-4/h5,9-12H,3-4,6-8H2,1-2H3;5-6H,1-4H3. The average Bonchev–Trinajstić information content (AvgIpc) is 2.62. The smallest absolute Gasteiger partial charge is 0.0465 e. The molecule has 0 fully saturated rings. The summed E-state index contributed by atoms with van der Waals surface area (Å²) in [7, 11) is 1.81. The molecule has 0 saturated carbocycles. The van der Waals surface area contributed by atoms with Gasteiger partial charge in [-0.1, -0.05) is 56.8 Å². The third-order valence-corrected chi connectivity index (χ3v) is 5.11. The van der Waals surface area contributed by atoms with Gasteiger partial charge in [0.15, 0.2) is 0 Å².